The first-order valence-electron chi connectivity index (χ1n) is 3.84. The minimum atomic E-state index is -0.506. The van der Waals surface area contributed by atoms with E-state index >= 15 is 0 Å². The average Bonchev–Trinajstić information content (AvgIpc) is 1.60. The number of nitrogens with two attached hydrogens (primary N) is 1. The lowest BCUT2D eigenvalue weighted by Crippen LogP contribution is -2.40. The predicted octanol–water partition coefficient (Wildman–Crippen LogP) is 2.58. The minimum Gasteiger partial charge on any atom is -0.313 e. The lowest BCUT2D eigenvalue weighted by Gasteiger charge is -2.27. The fraction of sp³-hybridized carbons (Fsp3) is 1.00. The fourth-order valence-corrected chi connectivity index (χ4v) is 1.17. The highest BCUT2D eigenvalue weighted by Crippen LogP contribution is 2.26. The highest BCUT2D eigenvalue weighted by atomic mass is 35.5. The van der Waals surface area contributed by atoms with Gasteiger partial charge in [0.15, 0.2) is 0 Å². The van der Waals surface area contributed by atoms with Gasteiger partial charge in [-0.25, -0.2) is 0 Å². The summed E-state index contributed by atoms with van der Waals surface area (Å²) in [7, 11) is 0. The van der Waals surface area contributed by atoms with Crippen LogP contribution in [-0.2, 0) is 0 Å². The van der Waals surface area contributed by atoms with Crippen molar-refractivity contribution in [2.45, 2.75) is 39.1 Å². The standard InChI is InChI=1S/C8H18ClN/c1-6(2)5-8(9,10)7(3)4/h6-7H,5,10H2,1-4H3. The smallest absolute Gasteiger partial charge is 0.0936 e. The molecule has 2 heteroatoms. The minimum absolute atomic E-state index is 0.344. The maximum atomic E-state index is 6.04. The summed E-state index contributed by atoms with van der Waals surface area (Å²) in [6.45, 7) is 8.36. The number of halogens is 1. The van der Waals surface area contributed by atoms with Crippen molar-refractivity contribution in [3.63, 3.8) is 0 Å². The first-order chi connectivity index (χ1) is 4.36. The summed E-state index contributed by atoms with van der Waals surface area (Å²) < 4.78 is 0. The van der Waals surface area contributed by atoms with E-state index in [9.17, 15) is 0 Å². The van der Waals surface area contributed by atoms with Gasteiger partial charge in [-0.2, -0.15) is 0 Å². The van der Waals surface area contributed by atoms with E-state index in [1.165, 1.54) is 0 Å². The number of alkyl halides is 1. The maximum Gasteiger partial charge on any atom is 0.0936 e. The van der Waals surface area contributed by atoms with E-state index in [1.807, 2.05) is 0 Å². The normalized spacial score (nSPS) is 18.0. The molecule has 2 N–H and O–H groups in total. The maximum absolute atomic E-state index is 6.04. The third-order valence-corrected chi connectivity index (χ3v) is 2.27. The van der Waals surface area contributed by atoms with Gasteiger partial charge in [0.2, 0.25) is 0 Å². The molecule has 0 aliphatic rings. The number of hydrogen-bond donors (Lipinski definition) is 1. The van der Waals surface area contributed by atoms with Crippen LogP contribution in [0, 0.1) is 11.8 Å². The summed E-state index contributed by atoms with van der Waals surface area (Å²) in [5.74, 6) is 0.918. The molecular weight excluding hydrogens is 146 g/mol. The molecule has 0 saturated heterocycles. The van der Waals surface area contributed by atoms with Gasteiger partial charge in [-0.3, -0.25) is 0 Å². The Balaban J connectivity index is 3.87. The van der Waals surface area contributed by atoms with Gasteiger partial charge >= 0.3 is 0 Å². The molecule has 0 fully saturated rings. The van der Waals surface area contributed by atoms with Gasteiger partial charge in [0.1, 0.15) is 0 Å². The molecule has 1 nitrogen and oxygen atoms in total. The second-order valence-electron chi connectivity index (χ2n) is 3.68. The zero-order chi connectivity index (χ0) is 8.36. The first kappa shape index (κ1) is 10.2. The van der Waals surface area contributed by atoms with E-state index in [-0.39, 0.29) is 0 Å². The highest BCUT2D eigenvalue weighted by Gasteiger charge is 2.26. The topological polar surface area (TPSA) is 26.0 Å². The lowest BCUT2D eigenvalue weighted by molar-refractivity contribution is 0.360. The van der Waals surface area contributed by atoms with Gasteiger partial charge < -0.3 is 5.73 Å². The highest BCUT2D eigenvalue weighted by molar-refractivity contribution is 6.23. The second-order valence-corrected chi connectivity index (χ2v) is 4.38. The molecule has 0 aromatic heterocycles. The molecule has 0 aromatic carbocycles. The van der Waals surface area contributed by atoms with Crippen LogP contribution in [0.4, 0.5) is 0 Å². The molecule has 0 aliphatic carbocycles. The molecule has 0 amide bonds. The Morgan fingerprint density at radius 2 is 1.70 bits per heavy atom. The SMILES string of the molecule is CC(C)CC(N)(Cl)C(C)C. The van der Waals surface area contributed by atoms with Crippen molar-refractivity contribution in [3.05, 3.63) is 0 Å². The largest absolute Gasteiger partial charge is 0.313 e. The van der Waals surface area contributed by atoms with Crippen molar-refractivity contribution >= 4 is 11.6 Å². The third-order valence-electron chi connectivity index (χ3n) is 1.68. The van der Waals surface area contributed by atoms with Crippen LogP contribution in [0.15, 0.2) is 0 Å². The zero-order valence-electron chi connectivity index (χ0n) is 7.32. The zero-order valence-corrected chi connectivity index (χ0v) is 8.07. The van der Waals surface area contributed by atoms with Crippen molar-refractivity contribution in [1.29, 1.82) is 0 Å². The summed E-state index contributed by atoms with van der Waals surface area (Å²) in [4.78, 5) is -0.506. The molecule has 0 spiro atoms. The molecule has 0 aliphatic heterocycles. The van der Waals surface area contributed by atoms with Crippen molar-refractivity contribution in [2.24, 2.45) is 17.6 Å². The van der Waals surface area contributed by atoms with Gasteiger partial charge in [-0.1, -0.05) is 27.7 Å². The predicted molar refractivity (Wildman–Crippen MR) is 47.1 cm³/mol. The Hall–Kier alpha value is 0.250. The van der Waals surface area contributed by atoms with Crippen molar-refractivity contribution in [1.82, 2.24) is 0 Å². The summed E-state index contributed by atoms with van der Waals surface area (Å²) in [5.41, 5.74) is 5.83. The van der Waals surface area contributed by atoms with Gasteiger partial charge in [0, 0.05) is 0 Å². The van der Waals surface area contributed by atoms with Gasteiger partial charge in [0.05, 0.1) is 5.00 Å². The van der Waals surface area contributed by atoms with E-state index in [1.54, 1.807) is 0 Å². The molecule has 0 saturated carbocycles. The average molecular weight is 164 g/mol. The van der Waals surface area contributed by atoms with Gasteiger partial charge in [0.25, 0.3) is 0 Å². The summed E-state index contributed by atoms with van der Waals surface area (Å²) in [6, 6.07) is 0. The molecular formula is C8H18ClN. The van der Waals surface area contributed by atoms with Crippen LogP contribution in [0.3, 0.4) is 0 Å². The summed E-state index contributed by atoms with van der Waals surface area (Å²) in [6.07, 6.45) is 0.881. The molecule has 0 bridgehead atoms. The Labute approximate surface area is 68.9 Å². The molecule has 0 radical (unpaired) electrons. The van der Waals surface area contributed by atoms with Gasteiger partial charge in [-0.15, -0.1) is 11.6 Å². The molecule has 1 atom stereocenters. The van der Waals surface area contributed by atoms with Gasteiger partial charge in [-0.05, 0) is 18.3 Å². The van der Waals surface area contributed by atoms with E-state index in [0.717, 1.165) is 6.42 Å². The molecule has 10 heavy (non-hydrogen) atoms. The van der Waals surface area contributed by atoms with Crippen molar-refractivity contribution < 1.29 is 0 Å². The quantitative estimate of drug-likeness (QED) is 0.503. The van der Waals surface area contributed by atoms with Crippen molar-refractivity contribution in [3.8, 4) is 0 Å². The molecule has 0 aromatic rings. The monoisotopic (exact) mass is 163 g/mol. The van der Waals surface area contributed by atoms with Crippen LogP contribution in [0.25, 0.3) is 0 Å². The molecule has 1 unspecified atom stereocenters. The lowest BCUT2D eigenvalue weighted by atomic mass is 9.95. The van der Waals surface area contributed by atoms with Crippen LogP contribution in [0.1, 0.15) is 34.1 Å². The van der Waals surface area contributed by atoms with Crippen LogP contribution in [0.5, 0.6) is 0 Å². The van der Waals surface area contributed by atoms with E-state index in [0.29, 0.717) is 11.8 Å². The summed E-state index contributed by atoms with van der Waals surface area (Å²) >= 11 is 6.04. The van der Waals surface area contributed by atoms with E-state index in [2.05, 4.69) is 27.7 Å². The Morgan fingerprint density at radius 1 is 1.30 bits per heavy atom. The number of rotatable bonds is 3. The molecule has 62 valence electrons. The second kappa shape index (κ2) is 3.59. The molecule has 0 rings (SSSR count). The van der Waals surface area contributed by atoms with Crippen LogP contribution < -0.4 is 5.73 Å². The Morgan fingerprint density at radius 3 is 1.80 bits per heavy atom. The van der Waals surface area contributed by atoms with Crippen LogP contribution >= 0.6 is 11.6 Å². The summed E-state index contributed by atoms with van der Waals surface area (Å²) in [5, 5.41) is 0. The van der Waals surface area contributed by atoms with Crippen molar-refractivity contribution in [2.75, 3.05) is 0 Å². The first-order valence-corrected chi connectivity index (χ1v) is 4.22. The van der Waals surface area contributed by atoms with Crippen LogP contribution in [0.2, 0.25) is 0 Å². The van der Waals surface area contributed by atoms with Crippen LogP contribution in [-0.4, -0.2) is 5.00 Å². The Kier molecular flexibility index (Phi) is 3.68. The fourth-order valence-electron chi connectivity index (χ4n) is 0.861. The Bertz CT molecular complexity index is 97.4. The number of hydrogen-bond acceptors (Lipinski definition) is 1. The third kappa shape index (κ3) is 3.43. The molecule has 0 heterocycles. The van der Waals surface area contributed by atoms with E-state index in [4.69, 9.17) is 17.3 Å². The van der Waals surface area contributed by atoms with E-state index < -0.39 is 5.00 Å².